The van der Waals surface area contributed by atoms with Gasteiger partial charge in [-0.3, -0.25) is 4.99 Å². The minimum absolute atomic E-state index is 0.159. The average Bonchev–Trinajstić information content (AvgIpc) is 3.08. The number of anilines is 1. The number of aliphatic imine (C=N–C) groups is 1. The maximum absolute atomic E-state index is 4.57. The van der Waals surface area contributed by atoms with Gasteiger partial charge in [0, 0.05) is 31.5 Å². The minimum atomic E-state index is 0.159. The fourth-order valence-corrected chi connectivity index (χ4v) is 3.03. The molecular formula is C18H25N5. The number of nitrogens with one attached hydrogen (secondary N) is 3. The Kier molecular flexibility index (Phi) is 4.98. The van der Waals surface area contributed by atoms with Gasteiger partial charge in [-0.15, -0.1) is 0 Å². The molecule has 2 heterocycles. The Labute approximate surface area is 138 Å². The molecule has 3 rings (SSSR count). The molecule has 0 aliphatic carbocycles. The molecule has 0 radical (unpaired) electrons. The number of fused-ring (bicyclic) bond motifs is 1. The standard InChI is InChI=1S/C18H25N5/c1-3-15(9-10-19-4-2)23-13-14(11-21-23)18-12-20-16-7-5-6-8-17(16)22-18/h4-8,12-13,15,18-19,21-22H,2-3,9-11H2,1H3. The maximum Gasteiger partial charge on any atom is 0.0861 e. The van der Waals surface area contributed by atoms with Crippen LogP contribution in [0.15, 0.2) is 53.8 Å². The second-order valence-corrected chi connectivity index (χ2v) is 5.87. The zero-order valence-corrected chi connectivity index (χ0v) is 13.6. The van der Waals surface area contributed by atoms with E-state index in [4.69, 9.17) is 0 Å². The van der Waals surface area contributed by atoms with Crippen molar-refractivity contribution in [1.82, 2.24) is 15.8 Å². The lowest BCUT2D eigenvalue weighted by atomic mass is 10.1. The lowest BCUT2D eigenvalue weighted by Gasteiger charge is -2.26. The topological polar surface area (TPSA) is 51.7 Å². The number of hydrazine groups is 1. The summed E-state index contributed by atoms with van der Waals surface area (Å²) in [7, 11) is 0. The smallest absolute Gasteiger partial charge is 0.0861 e. The molecule has 0 aromatic heterocycles. The van der Waals surface area contributed by atoms with Gasteiger partial charge in [0.1, 0.15) is 0 Å². The fraction of sp³-hybridized carbons (Fsp3) is 0.389. The molecule has 2 unspecified atom stereocenters. The summed E-state index contributed by atoms with van der Waals surface area (Å²) in [6, 6.07) is 8.80. The largest absolute Gasteiger partial charge is 0.391 e. The SMILES string of the molecule is C=CNCCC(CC)N1C=C(C2C=Nc3ccccc3N2)CN1. The highest BCUT2D eigenvalue weighted by Gasteiger charge is 2.25. The van der Waals surface area contributed by atoms with Crippen molar-refractivity contribution in [2.24, 2.45) is 4.99 Å². The first-order chi connectivity index (χ1) is 11.3. The summed E-state index contributed by atoms with van der Waals surface area (Å²) in [5.41, 5.74) is 6.92. The number of para-hydroxylation sites is 2. The molecule has 23 heavy (non-hydrogen) atoms. The average molecular weight is 311 g/mol. The van der Waals surface area contributed by atoms with E-state index in [1.54, 1.807) is 6.20 Å². The third-order valence-electron chi connectivity index (χ3n) is 4.38. The Morgan fingerprint density at radius 1 is 1.48 bits per heavy atom. The lowest BCUT2D eigenvalue weighted by molar-refractivity contribution is 0.205. The predicted octanol–water partition coefficient (Wildman–Crippen LogP) is 2.79. The second-order valence-electron chi connectivity index (χ2n) is 5.87. The molecule has 3 N–H and O–H groups in total. The Hall–Kier alpha value is -2.27. The fourth-order valence-electron chi connectivity index (χ4n) is 3.03. The third kappa shape index (κ3) is 3.56. The Morgan fingerprint density at radius 3 is 3.17 bits per heavy atom. The van der Waals surface area contributed by atoms with Crippen LogP contribution < -0.4 is 16.1 Å². The highest BCUT2D eigenvalue weighted by Crippen LogP contribution is 2.29. The summed E-state index contributed by atoms with van der Waals surface area (Å²) in [5.74, 6) is 0. The zero-order chi connectivity index (χ0) is 16.1. The van der Waals surface area contributed by atoms with Gasteiger partial charge in [0.2, 0.25) is 0 Å². The summed E-state index contributed by atoms with van der Waals surface area (Å²) < 4.78 is 0. The van der Waals surface area contributed by atoms with Gasteiger partial charge in [-0.1, -0.05) is 25.6 Å². The minimum Gasteiger partial charge on any atom is -0.391 e. The quantitative estimate of drug-likeness (QED) is 0.678. The molecule has 2 aliphatic rings. The summed E-state index contributed by atoms with van der Waals surface area (Å²) >= 11 is 0. The molecule has 5 nitrogen and oxygen atoms in total. The molecule has 5 heteroatoms. The molecule has 0 spiro atoms. The van der Waals surface area contributed by atoms with Crippen molar-refractivity contribution in [2.75, 3.05) is 18.4 Å². The van der Waals surface area contributed by atoms with Gasteiger partial charge in [0.15, 0.2) is 0 Å². The zero-order valence-electron chi connectivity index (χ0n) is 13.6. The van der Waals surface area contributed by atoms with Crippen molar-refractivity contribution in [3.63, 3.8) is 0 Å². The molecule has 1 aromatic rings. The van der Waals surface area contributed by atoms with Crippen LogP contribution in [-0.2, 0) is 0 Å². The first-order valence-corrected chi connectivity index (χ1v) is 8.28. The number of hydrogen-bond donors (Lipinski definition) is 3. The van der Waals surface area contributed by atoms with Crippen LogP contribution in [0.25, 0.3) is 0 Å². The first-order valence-electron chi connectivity index (χ1n) is 8.28. The van der Waals surface area contributed by atoms with Gasteiger partial charge in [0.05, 0.1) is 17.4 Å². The number of nitrogens with zero attached hydrogens (tertiary/aromatic N) is 2. The Morgan fingerprint density at radius 2 is 2.35 bits per heavy atom. The number of hydrogen-bond acceptors (Lipinski definition) is 5. The van der Waals surface area contributed by atoms with Crippen LogP contribution in [0.2, 0.25) is 0 Å². The normalized spacial score (nSPS) is 20.5. The summed E-state index contributed by atoms with van der Waals surface area (Å²) in [6.45, 7) is 7.72. The lowest BCUT2D eigenvalue weighted by Crippen LogP contribution is -2.39. The van der Waals surface area contributed by atoms with Gasteiger partial charge < -0.3 is 15.6 Å². The highest BCUT2D eigenvalue weighted by atomic mass is 15.5. The van der Waals surface area contributed by atoms with E-state index >= 15 is 0 Å². The molecule has 0 amide bonds. The van der Waals surface area contributed by atoms with E-state index in [0.717, 1.165) is 37.3 Å². The molecule has 2 atom stereocenters. The Bertz CT molecular complexity index is 607. The number of rotatable bonds is 7. The molecular weight excluding hydrogens is 286 g/mol. The van der Waals surface area contributed by atoms with Crippen molar-refractivity contribution >= 4 is 17.6 Å². The Balaban J connectivity index is 1.65. The molecule has 0 bridgehead atoms. The molecule has 122 valence electrons. The predicted molar refractivity (Wildman–Crippen MR) is 96.8 cm³/mol. The van der Waals surface area contributed by atoms with Crippen LogP contribution in [0.3, 0.4) is 0 Å². The molecule has 2 aliphatic heterocycles. The summed E-state index contributed by atoms with van der Waals surface area (Å²) in [5, 5.41) is 8.98. The van der Waals surface area contributed by atoms with Crippen LogP contribution in [0, 0.1) is 0 Å². The van der Waals surface area contributed by atoms with Crippen LogP contribution in [-0.4, -0.2) is 36.4 Å². The maximum atomic E-state index is 4.57. The van der Waals surface area contributed by atoms with E-state index in [1.807, 2.05) is 24.4 Å². The van der Waals surface area contributed by atoms with Crippen molar-refractivity contribution in [2.45, 2.75) is 31.8 Å². The van der Waals surface area contributed by atoms with Gasteiger partial charge in [0.25, 0.3) is 0 Å². The molecule has 0 saturated heterocycles. The van der Waals surface area contributed by atoms with E-state index in [1.165, 1.54) is 5.57 Å². The van der Waals surface area contributed by atoms with E-state index in [2.05, 4.69) is 51.8 Å². The first kappa shape index (κ1) is 15.6. The van der Waals surface area contributed by atoms with Crippen LogP contribution in [0.1, 0.15) is 19.8 Å². The van der Waals surface area contributed by atoms with Gasteiger partial charge in [-0.05, 0) is 36.7 Å². The summed E-state index contributed by atoms with van der Waals surface area (Å²) in [4.78, 5) is 4.57. The van der Waals surface area contributed by atoms with Crippen LogP contribution in [0.4, 0.5) is 11.4 Å². The van der Waals surface area contributed by atoms with E-state index in [9.17, 15) is 0 Å². The van der Waals surface area contributed by atoms with Crippen LogP contribution >= 0.6 is 0 Å². The van der Waals surface area contributed by atoms with Crippen molar-refractivity contribution in [1.29, 1.82) is 0 Å². The molecule has 1 aromatic carbocycles. The second kappa shape index (κ2) is 7.33. The van der Waals surface area contributed by atoms with Crippen molar-refractivity contribution in [3.05, 3.63) is 48.8 Å². The van der Waals surface area contributed by atoms with E-state index in [-0.39, 0.29) is 6.04 Å². The number of benzene rings is 1. The summed E-state index contributed by atoms with van der Waals surface area (Å²) in [6.07, 6.45) is 8.17. The third-order valence-corrected chi connectivity index (χ3v) is 4.38. The van der Waals surface area contributed by atoms with Gasteiger partial charge in [-0.2, -0.15) is 0 Å². The van der Waals surface area contributed by atoms with Gasteiger partial charge in [-0.25, -0.2) is 5.43 Å². The monoisotopic (exact) mass is 311 g/mol. The van der Waals surface area contributed by atoms with Gasteiger partial charge >= 0.3 is 0 Å². The van der Waals surface area contributed by atoms with E-state index < -0.39 is 0 Å². The van der Waals surface area contributed by atoms with Crippen molar-refractivity contribution in [3.8, 4) is 0 Å². The molecule has 0 fully saturated rings. The highest BCUT2D eigenvalue weighted by molar-refractivity contribution is 5.85. The van der Waals surface area contributed by atoms with Crippen LogP contribution in [0.5, 0.6) is 0 Å². The molecule has 0 saturated carbocycles. The van der Waals surface area contributed by atoms with E-state index in [0.29, 0.717) is 6.04 Å². The van der Waals surface area contributed by atoms with Crippen molar-refractivity contribution < 1.29 is 0 Å².